The monoisotopic (exact) mass is 312 g/mol. The molecule has 23 heavy (non-hydrogen) atoms. The maximum Gasteiger partial charge on any atom is 0.278 e. The van der Waals surface area contributed by atoms with Gasteiger partial charge < -0.3 is 0 Å². The lowest BCUT2D eigenvalue weighted by Crippen LogP contribution is -2.32. The van der Waals surface area contributed by atoms with Gasteiger partial charge in [-0.15, -0.1) is 5.10 Å². The summed E-state index contributed by atoms with van der Waals surface area (Å²) in [6.07, 6.45) is 0. The largest absolute Gasteiger partial charge is 0.283 e. The first-order valence-electron chi connectivity index (χ1n) is 7.31. The molecule has 6 heteroatoms. The number of halogens is 1. The summed E-state index contributed by atoms with van der Waals surface area (Å²) in [5.41, 5.74) is 2.39. The van der Waals surface area contributed by atoms with E-state index in [1.807, 2.05) is 24.1 Å². The third-order valence-corrected chi connectivity index (χ3v) is 3.76. The van der Waals surface area contributed by atoms with Crippen LogP contribution in [0.25, 0.3) is 10.9 Å². The third-order valence-electron chi connectivity index (χ3n) is 3.76. The van der Waals surface area contributed by atoms with E-state index < -0.39 is 5.82 Å². The number of hydrogen-bond donors (Lipinski definition) is 0. The third kappa shape index (κ3) is 3.27. The first-order chi connectivity index (χ1) is 11.0. The van der Waals surface area contributed by atoms with Gasteiger partial charge in [0.2, 0.25) is 0 Å². The second kappa shape index (κ2) is 6.26. The molecule has 0 saturated heterocycles. The molecule has 0 bridgehead atoms. The zero-order valence-corrected chi connectivity index (χ0v) is 13.0. The van der Waals surface area contributed by atoms with Gasteiger partial charge in [0.15, 0.2) is 0 Å². The molecular formula is C17H17FN4O. The Balaban J connectivity index is 1.84. The van der Waals surface area contributed by atoms with E-state index in [-0.39, 0.29) is 11.1 Å². The van der Waals surface area contributed by atoms with E-state index in [4.69, 9.17) is 0 Å². The van der Waals surface area contributed by atoms with Crippen molar-refractivity contribution in [2.45, 2.75) is 20.1 Å². The fourth-order valence-electron chi connectivity index (χ4n) is 2.50. The van der Waals surface area contributed by atoms with Crippen molar-refractivity contribution < 1.29 is 4.39 Å². The van der Waals surface area contributed by atoms with Gasteiger partial charge in [0.05, 0.1) is 12.1 Å². The van der Waals surface area contributed by atoms with Crippen LogP contribution in [-0.4, -0.2) is 26.9 Å². The number of rotatable bonds is 4. The Morgan fingerprint density at radius 1 is 1.22 bits per heavy atom. The molecule has 0 saturated carbocycles. The molecule has 0 amide bonds. The van der Waals surface area contributed by atoms with Crippen molar-refractivity contribution in [3.05, 3.63) is 69.8 Å². The Morgan fingerprint density at radius 3 is 2.78 bits per heavy atom. The van der Waals surface area contributed by atoms with Crippen LogP contribution in [0.5, 0.6) is 0 Å². The Kier molecular flexibility index (Phi) is 4.16. The Labute approximate surface area is 133 Å². The van der Waals surface area contributed by atoms with E-state index in [0.717, 1.165) is 0 Å². The van der Waals surface area contributed by atoms with Crippen LogP contribution in [0.1, 0.15) is 11.1 Å². The summed E-state index contributed by atoms with van der Waals surface area (Å²) in [4.78, 5) is 14.4. The van der Waals surface area contributed by atoms with Gasteiger partial charge in [-0.25, -0.2) is 4.39 Å². The summed E-state index contributed by atoms with van der Waals surface area (Å²) < 4.78 is 14.5. The highest BCUT2D eigenvalue weighted by molar-refractivity contribution is 5.76. The molecule has 0 spiro atoms. The van der Waals surface area contributed by atoms with Crippen LogP contribution in [0.2, 0.25) is 0 Å². The second-order valence-corrected chi connectivity index (χ2v) is 5.64. The fraction of sp³-hybridized carbons (Fsp3) is 0.235. The summed E-state index contributed by atoms with van der Waals surface area (Å²) in [5.74, 6) is -0.430. The average molecular weight is 312 g/mol. The van der Waals surface area contributed by atoms with Crippen LogP contribution in [0, 0.1) is 12.7 Å². The number of nitrogens with zero attached hydrogens (tertiary/aromatic N) is 4. The van der Waals surface area contributed by atoms with Crippen molar-refractivity contribution >= 4 is 10.9 Å². The minimum Gasteiger partial charge on any atom is -0.283 e. The first kappa shape index (κ1) is 15.3. The van der Waals surface area contributed by atoms with Crippen LogP contribution in [-0.2, 0) is 13.2 Å². The summed E-state index contributed by atoms with van der Waals surface area (Å²) in [7, 11) is 1.91. The number of aromatic nitrogens is 3. The molecule has 5 nitrogen and oxygen atoms in total. The van der Waals surface area contributed by atoms with Crippen molar-refractivity contribution in [2.75, 3.05) is 7.05 Å². The highest BCUT2D eigenvalue weighted by Gasteiger charge is 2.09. The zero-order valence-electron chi connectivity index (χ0n) is 13.0. The standard InChI is InChI=1S/C17H17FN4O/c1-12-5-3-4-6-13(12)10-21(2)11-22-17(23)15-8-7-14(18)9-16(15)19-20-22/h3-9H,10-11H2,1-2H3. The predicted molar refractivity (Wildman–Crippen MR) is 86.4 cm³/mol. The van der Waals surface area contributed by atoms with Crippen LogP contribution < -0.4 is 5.56 Å². The Hall–Kier alpha value is -2.60. The lowest BCUT2D eigenvalue weighted by molar-refractivity contribution is 0.236. The molecule has 0 aliphatic heterocycles. The Morgan fingerprint density at radius 2 is 2.00 bits per heavy atom. The van der Waals surface area contributed by atoms with E-state index >= 15 is 0 Å². The summed E-state index contributed by atoms with van der Waals surface area (Å²) >= 11 is 0. The van der Waals surface area contributed by atoms with E-state index in [9.17, 15) is 9.18 Å². The molecular weight excluding hydrogens is 295 g/mol. The molecule has 0 N–H and O–H groups in total. The SMILES string of the molecule is Cc1ccccc1CN(C)Cn1nnc2cc(F)ccc2c1=O. The van der Waals surface area contributed by atoms with Crippen LogP contribution in [0.15, 0.2) is 47.3 Å². The van der Waals surface area contributed by atoms with Crippen LogP contribution >= 0.6 is 0 Å². The molecule has 0 fully saturated rings. The summed E-state index contributed by atoms with van der Waals surface area (Å²) in [5, 5.41) is 8.19. The van der Waals surface area contributed by atoms with E-state index in [2.05, 4.69) is 29.4 Å². The molecule has 3 rings (SSSR count). The highest BCUT2D eigenvalue weighted by Crippen LogP contribution is 2.10. The second-order valence-electron chi connectivity index (χ2n) is 5.64. The van der Waals surface area contributed by atoms with Gasteiger partial charge >= 0.3 is 0 Å². The maximum absolute atomic E-state index is 13.2. The molecule has 3 aromatic rings. The van der Waals surface area contributed by atoms with Crippen LogP contribution in [0.3, 0.4) is 0 Å². The molecule has 1 heterocycles. The van der Waals surface area contributed by atoms with Gasteiger partial charge in [0, 0.05) is 12.6 Å². The number of benzene rings is 2. The van der Waals surface area contributed by atoms with Crippen molar-refractivity contribution in [1.82, 2.24) is 19.9 Å². The summed E-state index contributed by atoms with van der Waals surface area (Å²) in [6, 6.07) is 12.0. The van der Waals surface area contributed by atoms with Gasteiger partial charge in [-0.1, -0.05) is 29.5 Å². The van der Waals surface area contributed by atoms with Gasteiger partial charge in [-0.2, -0.15) is 4.68 Å². The van der Waals surface area contributed by atoms with Crippen molar-refractivity contribution in [3.63, 3.8) is 0 Å². The predicted octanol–water partition coefficient (Wildman–Crippen LogP) is 2.33. The van der Waals surface area contributed by atoms with Crippen molar-refractivity contribution in [2.24, 2.45) is 0 Å². The minimum absolute atomic E-state index is 0.271. The Bertz CT molecular complexity index is 906. The quantitative estimate of drug-likeness (QED) is 0.742. The minimum atomic E-state index is -0.430. The van der Waals surface area contributed by atoms with Crippen molar-refractivity contribution in [3.8, 4) is 0 Å². The van der Waals surface area contributed by atoms with E-state index in [1.165, 1.54) is 34.0 Å². The average Bonchev–Trinajstić information content (AvgIpc) is 2.52. The number of hydrogen-bond acceptors (Lipinski definition) is 4. The number of fused-ring (bicyclic) bond motifs is 1. The van der Waals surface area contributed by atoms with Gasteiger partial charge in [-0.05, 0) is 37.2 Å². The molecule has 2 aromatic carbocycles. The van der Waals surface area contributed by atoms with E-state index in [1.54, 1.807) is 0 Å². The topological polar surface area (TPSA) is 51.0 Å². The molecule has 0 aliphatic carbocycles. The summed E-state index contributed by atoms with van der Waals surface area (Å²) in [6.45, 7) is 3.06. The molecule has 0 radical (unpaired) electrons. The van der Waals surface area contributed by atoms with Crippen LogP contribution in [0.4, 0.5) is 4.39 Å². The molecule has 0 unspecified atom stereocenters. The van der Waals surface area contributed by atoms with Gasteiger partial charge in [-0.3, -0.25) is 9.69 Å². The van der Waals surface area contributed by atoms with E-state index in [0.29, 0.717) is 18.6 Å². The molecule has 1 aromatic heterocycles. The first-order valence-corrected chi connectivity index (χ1v) is 7.31. The molecule has 0 atom stereocenters. The maximum atomic E-state index is 13.2. The molecule has 118 valence electrons. The highest BCUT2D eigenvalue weighted by atomic mass is 19.1. The fourth-order valence-corrected chi connectivity index (χ4v) is 2.50. The normalized spacial score (nSPS) is 11.3. The zero-order chi connectivity index (χ0) is 16.4. The van der Waals surface area contributed by atoms with Gasteiger partial charge in [0.1, 0.15) is 11.3 Å². The smallest absolute Gasteiger partial charge is 0.278 e. The molecule has 0 aliphatic rings. The lowest BCUT2D eigenvalue weighted by atomic mass is 10.1. The number of aryl methyl sites for hydroxylation is 1. The van der Waals surface area contributed by atoms with Crippen molar-refractivity contribution in [1.29, 1.82) is 0 Å². The van der Waals surface area contributed by atoms with Gasteiger partial charge in [0.25, 0.3) is 5.56 Å². The lowest BCUT2D eigenvalue weighted by Gasteiger charge is -2.18.